The van der Waals surface area contributed by atoms with Crippen molar-refractivity contribution in [1.29, 1.82) is 0 Å². The molecule has 0 aromatic heterocycles. The molecule has 1 aliphatic heterocycles. The third-order valence-corrected chi connectivity index (χ3v) is 2.54. The number of rotatable bonds is 3. The van der Waals surface area contributed by atoms with Crippen molar-refractivity contribution in [2.45, 2.75) is 45.4 Å². The highest BCUT2D eigenvalue weighted by molar-refractivity contribution is 5.67. The Hall–Kier alpha value is -0.610. The molecular formula is C10H19NO3. The van der Waals surface area contributed by atoms with E-state index in [2.05, 4.69) is 4.90 Å². The number of hydrogen-bond acceptors (Lipinski definition) is 3. The summed E-state index contributed by atoms with van der Waals surface area (Å²) in [6.45, 7) is 7.67. The Kier molecular flexibility index (Phi) is 3.89. The lowest BCUT2D eigenvalue weighted by Crippen LogP contribution is -2.49. The highest BCUT2D eigenvalue weighted by Crippen LogP contribution is 2.14. The van der Waals surface area contributed by atoms with E-state index < -0.39 is 5.97 Å². The minimum atomic E-state index is -0.732. The van der Waals surface area contributed by atoms with Crippen molar-refractivity contribution in [3.63, 3.8) is 0 Å². The number of hydrogen-bond donors (Lipinski definition) is 1. The van der Waals surface area contributed by atoms with Crippen LogP contribution >= 0.6 is 0 Å². The van der Waals surface area contributed by atoms with Crippen LogP contribution in [0.15, 0.2) is 0 Å². The summed E-state index contributed by atoms with van der Waals surface area (Å²) in [5.41, 5.74) is 0. The highest BCUT2D eigenvalue weighted by atomic mass is 16.5. The summed E-state index contributed by atoms with van der Waals surface area (Å²) in [5, 5.41) is 8.69. The fraction of sp³-hybridized carbons (Fsp3) is 0.900. The Morgan fingerprint density at radius 3 is 2.43 bits per heavy atom. The van der Waals surface area contributed by atoms with Crippen LogP contribution in [0, 0.1) is 0 Å². The number of ether oxygens (including phenoxy) is 1. The molecule has 1 saturated heterocycles. The van der Waals surface area contributed by atoms with E-state index >= 15 is 0 Å². The first-order valence-electron chi connectivity index (χ1n) is 5.10. The molecule has 1 N–H and O–H groups in total. The van der Waals surface area contributed by atoms with Gasteiger partial charge in [-0.1, -0.05) is 0 Å². The van der Waals surface area contributed by atoms with E-state index in [-0.39, 0.29) is 24.7 Å². The lowest BCUT2D eigenvalue weighted by atomic mass is 10.1. The van der Waals surface area contributed by atoms with Gasteiger partial charge >= 0.3 is 5.97 Å². The van der Waals surface area contributed by atoms with Gasteiger partial charge in [-0.3, -0.25) is 9.69 Å². The molecule has 0 saturated carbocycles. The minimum Gasteiger partial charge on any atom is -0.481 e. The molecule has 1 aliphatic rings. The summed E-state index contributed by atoms with van der Waals surface area (Å²) in [7, 11) is 0. The van der Waals surface area contributed by atoms with Gasteiger partial charge in [0.05, 0.1) is 18.6 Å². The van der Waals surface area contributed by atoms with Gasteiger partial charge in [0.1, 0.15) is 0 Å². The first-order valence-corrected chi connectivity index (χ1v) is 5.10. The molecule has 14 heavy (non-hydrogen) atoms. The van der Waals surface area contributed by atoms with E-state index in [4.69, 9.17) is 9.84 Å². The number of carbonyl (C=O) groups is 1. The van der Waals surface area contributed by atoms with E-state index in [1.807, 2.05) is 20.8 Å². The lowest BCUT2D eigenvalue weighted by Gasteiger charge is -2.38. The van der Waals surface area contributed by atoms with Crippen molar-refractivity contribution >= 4 is 5.97 Å². The fourth-order valence-corrected chi connectivity index (χ4v) is 1.96. The van der Waals surface area contributed by atoms with Crippen molar-refractivity contribution in [2.24, 2.45) is 0 Å². The maximum absolute atomic E-state index is 10.6. The Balaban J connectivity index is 2.46. The molecule has 0 aromatic rings. The smallest absolute Gasteiger partial charge is 0.304 e. The second-order valence-electron chi connectivity index (χ2n) is 4.16. The summed E-state index contributed by atoms with van der Waals surface area (Å²) in [4.78, 5) is 12.7. The van der Waals surface area contributed by atoms with Crippen LogP contribution in [0.1, 0.15) is 27.2 Å². The Bertz CT molecular complexity index is 198. The molecule has 0 aromatic carbocycles. The molecule has 1 rings (SSSR count). The molecule has 3 atom stereocenters. The summed E-state index contributed by atoms with van der Waals surface area (Å²) in [6.07, 6.45) is 0.615. The normalized spacial score (nSPS) is 31.4. The molecule has 1 heterocycles. The van der Waals surface area contributed by atoms with Crippen LogP contribution in [0.5, 0.6) is 0 Å². The van der Waals surface area contributed by atoms with E-state index in [0.29, 0.717) is 0 Å². The van der Waals surface area contributed by atoms with E-state index in [0.717, 1.165) is 13.1 Å². The van der Waals surface area contributed by atoms with Crippen molar-refractivity contribution in [3.8, 4) is 0 Å². The van der Waals surface area contributed by atoms with Crippen LogP contribution in [0.2, 0.25) is 0 Å². The van der Waals surface area contributed by atoms with Crippen LogP contribution in [0.3, 0.4) is 0 Å². The Labute approximate surface area is 84.8 Å². The maximum atomic E-state index is 10.6. The van der Waals surface area contributed by atoms with Crippen LogP contribution < -0.4 is 0 Å². The first kappa shape index (κ1) is 11.5. The van der Waals surface area contributed by atoms with Crippen LogP contribution in [0.4, 0.5) is 0 Å². The van der Waals surface area contributed by atoms with Crippen molar-refractivity contribution in [1.82, 2.24) is 4.90 Å². The Morgan fingerprint density at radius 1 is 1.50 bits per heavy atom. The van der Waals surface area contributed by atoms with Crippen LogP contribution in [0.25, 0.3) is 0 Å². The number of nitrogens with zero attached hydrogens (tertiary/aromatic N) is 1. The van der Waals surface area contributed by atoms with Gasteiger partial charge in [-0.2, -0.15) is 0 Å². The van der Waals surface area contributed by atoms with Gasteiger partial charge < -0.3 is 9.84 Å². The van der Waals surface area contributed by atoms with Crippen molar-refractivity contribution in [2.75, 3.05) is 13.1 Å². The third-order valence-electron chi connectivity index (χ3n) is 2.54. The predicted octanol–water partition coefficient (Wildman–Crippen LogP) is 0.959. The number of carboxylic acids is 1. The summed E-state index contributed by atoms with van der Waals surface area (Å²) in [6, 6.07) is 0.0984. The van der Waals surface area contributed by atoms with Gasteiger partial charge in [-0.05, 0) is 20.8 Å². The molecule has 82 valence electrons. The molecule has 0 bridgehead atoms. The van der Waals surface area contributed by atoms with Gasteiger partial charge in [0.25, 0.3) is 0 Å². The van der Waals surface area contributed by atoms with Crippen LogP contribution in [-0.4, -0.2) is 47.3 Å². The molecule has 0 radical (unpaired) electrons. The van der Waals surface area contributed by atoms with Gasteiger partial charge in [-0.15, -0.1) is 0 Å². The molecule has 4 nitrogen and oxygen atoms in total. The van der Waals surface area contributed by atoms with Gasteiger partial charge in [0.15, 0.2) is 0 Å². The average Bonchev–Trinajstić information content (AvgIpc) is 2.00. The van der Waals surface area contributed by atoms with Crippen molar-refractivity contribution < 1.29 is 14.6 Å². The minimum absolute atomic E-state index is 0.0984. The molecule has 3 unspecified atom stereocenters. The van der Waals surface area contributed by atoms with Crippen molar-refractivity contribution in [3.05, 3.63) is 0 Å². The summed E-state index contributed by atoms with van der Waals surface area (Å²) in [5.74, 6) is -0.732. The third kappa shape index (κ3) is 3.27. The monoisotopic (exact) mass is 201 g/mol. The quantitative estimate of drug-likeness (QED) is 0.739. The second kappa shape index (κ2) is 4.75. The molecule has 0 amide bonds. The predicted molar refractivity (Wildman–Crippen MR) is 53.3 cm³/mol. The molecule has 1 fully saturated rings. The first-order chi connectivity index (χ1) is 6.49. The SMILES string of the molecule is CC1CN(C(C)CC(=O)O)CC(C)O1. The second-order valence-corrected chi connectivity index (χ2v) is 4.16. The summed E-state index contributed by atoms with van der Waals surface area (Å²) >= 11 is 0. The van der Waals surface area contributed by atoms with E-state index in [9.17, 15) is 4.79 Å². The van der Waals surface area contributed by atoms with E-state index in [1.165, 1.54) is 0 Å². The zero-order valence-electron chi connectivity index (χ0n) is 9.06. The van der Waals surface area contributed by atoms with E-state index in [1.54, 1.807) is 0 Å². The number of aliphatic carboxylic acids is 1. The lowest BCUT2D eigenvalue weighted by molar-refractivity contribution is -0.140. The highest BCUT2D eigenvalue weighted by Gasteiger charge is 2.26. The topological polar surface area (TPSA) is 49.8 Å². The molecule has 0 aliphatic carbocycles. The number of carboxylic acid groups (broad SMARTS) is 1. The fourth-order valence-electron chi connectivity index (χ4n) is 1.96. The molecular weight excluding hydrogens is 182 g/mol. The van der Waals surface area contributed by atoms with Crippen LogP contribution in [-0.2, 0) is 9.53 Å². The zero-order chi connectivity index (χ0) is 10.7. The average molecular weight is 201 g/mol. The zero-order valence-corrected chi connectivity index (χ0v) is 9.06. The molecule has 0 spiro atoms. The largest absolute Gasteiger partial charge is 0.481 e. The maximum Gasteiger partial charge on any atom is 0.304 e. The Morgan fingerprint density at radius 2 is 2.00 bits per heavy atom. The van der Waals surface area contributed by atoms with Gasteiger partial charge in [0, 0.05) is 19.1 Å². The van der Waals surface area contributed by atoms with Gasteiger partial charge in [-0.25, -0.2) is 0 Å². The molecule has 4 heteroatoms. The standard InChI is InChI=1S/C10H19NO3/c1-7(4-10(12)13)11-5-8(2)14-9(3)6-11/h7-9H,4-6H2,1-3H3,(H,12,13). The summed E-state index contributed by atoms with van der Waals surface area (Å²) < 4.78 is 5.58. The number of morpholine rings is 1. The van der Waals surface area contributed by atoms with Gasteiger partial charge in [0.2, 0.25) is 0 Å².